The Kier molecular flexibility index (Phi) is 4.73. The first-order valence-corrected chi connectivity index (χ1v) is 10.2. The minimum Gasteiger partial charge on any atom is -0.330 e. The fourth-order valence-corrected chi connectivity index (χ4v) is 7.10. The van der Waals surface area contributed by atoms with Gasteiger partial charge >= 0.3 is 0 Å². The smallest absolute Gasteiger partial charge is 0.00430 e. The van der Waals surface area contributed by atoms with Crippen LogP contribution in [0.4, 0.5) is 0 Å². The first kappa shape index (κ1) is 17.5. The molecule has 0 bridgehead atoms. The Balaban J connectivity index is 1.89. The molecule has 1 heteroatoms. The van der Waals surface area contributed by atoms with E-state index in [1.54, 1.807) is 0 Å². The molecule has 0 unspecified atom stereocenters. The topological polar surface area (TPSA) is 26.0 Å². The highest BCUT2D eigenvalue weighted by Gasteiger charge is 2.55. The van der Waals surface area contributed by atoms with E-state index in [1.807, 2.05) is 0 Å². The third-order valence-corrected chi connectivity index (χ3v) is 8.80. The number of allylic oxidation sites excluding steroid dienone is 1. The van der Waals surface area contributed by atoms with Crippen LogP contribution in [0.25, 0.3) is 0 Å². The Bertz CT molecular complexity index is 455. The fourth-order valence-electron chi connectivity index (χ4n) is 7.10. The minimum atomic E-state index is 0.389. The van der Waals surface area contributed by atoms with E-state index >= 15 is 0 Å². The van der Waals surface area contributed by atoms with E-state index in [4.69, 9.17) is 5.73 Å². The van der Waals surface area contributed by atoms with Crippen molar-refractivity contribution >= 4 is 0 Å². The van der Waals surface area contributed by atoms with Gasteiger partial charge in [-0.2, -0.15) is 0 Å². The zero-order valence-corrected chi connectivity index (χ0v) is 16.0. The Morgan fingerprint density at radius 1 is 1.13 bits per heavy atom. The summed E-state index contributed by atoms with van der Waals surface area (Å²) in [6.45, 7) is 15.3. The van der Waals surface area contributed by atoms with Crippen LogP contribution >= 0.6 is 0 Å². The molecule has 3 fully saturated rings. The van der Waals surface area contributed by atoms with Crippen molar-refractivity contribution < 1.29 is 0 Å². The van der Waals surface area contributed by atoms with Gasteiger partial charge in [-0.05, 0) is 85.5 Å². The third kappa shape index (κ3) is 2.62. The molecule has 3 rings (SSSR count). The lowest BCUT2D eigenvalue weighted by Gasteiger charge is -2.57. The van der Waals surface area contributed by atoms with Crippen molar-refractivity contribution in [3.8, 4) is 0 Å². The predicted octanol–water partition coefficient (Wildman–Crippen LogP) is 5.80. The lowest BCUT2D eigenvalue weighted by molar-refractivity contribution is -0.0644. The van der Waals surface area contributed by atoms with E-state index in [0.717, 1.165) is 36.1 Å². The zero-order chi connectivity index (χ0) is 16.8. The third-order valence-electron chi connectivity index (χ3n) is 8.80. The molecule has 0 aromatic carbocycles. The summed E-state index contributed by atoms with van der Waals surface area (Å²) in [4.78, 5) is 0. The maximum Gasteiger partial charge on any atom is -0.00430 e. The molecule has 2 N–H and O–H groups in total. The van der Waals surface area contributed by atoms with Gasteiger partial charge in [0.15, 0.2) is 0 Å². The molecular formula is C22H39N. The number of rotatable bonds is 3. The minimum absolute atomic E-state index is 0.389. The molecular weight excluding hydrogens is 278 g/mol. The number of hydrogen-bond acceptors (Lipinski definition) is 1. The molecule has 0 aliphatic heterocycles. The maximum atomic E-state index is 6.40. The van der Waals surface area contributed by atoms with Crippen LogP contribution in [0.15, 0.2) is 12.2 Å². The van der Waals surface area contributed by atoms with E-state index in [9.17, 15) is 0 Å². The van der Waals surface area contributed by atoms with Crippen molar-refractivity contribution in [1.29, 1.82) is 0 Å². The van der Waals surface area contributed by atoms with Crippen LogP contribution in [0.5, 0.6) is 0 Å². The highest BCUT2D eigenvalue weighted by Crippen LogP contribution is 2.63. The molecule has 3 aliphatic rings. The van der Waals surface area contributed by atoms with Gasteiger partial charge in [0, 0.05) is 0 Å². The van der Waals surface area contributed by atoms with Gasteiger partial charge in [-0.1, -0.05) is 52.7 Å². The van der Waals surface area contributed by atoms with Gasteiger partial charge in [-0.15, -0.1) is 0 Å². The van der Waals surface area contributed by atoms with Gasteiger partial charge in [0.25, 0.3) is 0 Å². The molecule has 0 radical (unpaired) electrons. The van der Waals surface area contributed by atoms with Crippen LogP contribution in [-0.4, -0.2) is 6.54 Å². The summed E-state index contributed by atoms with van der Waals surface area (Å²) in [5.41, 5.74) is 8.84. The Hall–Kier alpha value is -0.300. The molecule has 23 heavy (non-hydrogen) atoms. The van der Waals surface area contributed by atoms with Crippen molar-refractivity contribution in [2.24, 2.45) is 46.2 Å². The van der Waals surface area contributed by atoms with Crippen LogP contribution in [0.1, 0.15) is 79.1 Å². The Morgan fingerprint density at radius 2 is 1.87 bits per heavy atom. The largest absolute Gasteiger partial charge is 0.330 e. The molecule has 0 aromatic heterocycles. The van der Waals surface area contributed by atoms with E-state index in [-0.39, 0.29) is 0 Å². The van der Waals surface area contributed by atoms with E-state index in [2.05, 4.69) is 34.3 Å². The van der Waals surface area contributed by atoms with Crippen LogP contribution in [0.2, 0.25) is 0 Å². The molecule has 7 atom stereocenters. The van der Waals surface area contributed by atoms with Gasteiger partial charge in [0.05, 0.1) is 0 Å². The maximum absolute atomic E-state index is 6.40. The average molecular weight is 318 g/mol. The quantitative estimate of drug-likeness (QED) is 0.654. The van der Waals surface area contributed by atoms with Crippen LogP contribution < -0.4 is 5.73 Å². The normalized spacial score (nSPS) is 50.8. The monoisotopic (exact) mass is 317 g/mol. The molecule has 0 amide bonds. The van der Waals surface area contributed by atoms with Crippen molar-refractivity contribution in [1.82, 2.24) is 0 Å². The first-order chi connectivity index (χ1) is 10.9. The number of nitrogens with two attached hydrogens (primary N) is 1. The summed E-state index contributed by atoms with van der Waals surface area (Å²) in [5.74, 6) is 4.19. The van der Waals surface area contributed by atoms with Gasteiger partial charge < -0.3 is 5.73 Å². The lowest BCUT2D eigenvalue weighted by atomic mass is 9.48. The molecule has 0 heterocycles. The zero-order valence-electron chi connectivity index (χ0n) is 16.0. The SMILES string of the molecule is C=C1CC[C@H]2[C@H](CN)[C@@H]([C@@]3(C)CC[C@H](C)C[C@@H]3CC)CC[C@]12C. The number of fused-ring (bicyclic) bond motifs is 1. The lowest BCUT2D eigenvalue weighted by Crippen LogP contribution is -2.51. The highest BCUT2D eigenvalue weighted by molar-refractivity contribution is 5.20. The van der Waals surface area contributed by atoms with Crippen LogP contribution in [-0.2, 0) is 0 Å². The van der Waals surface area contributed by atoms with Crippen molar-refractivity contribution in [3.63, 3.8) is 0 Å². The molecule has 0 saturated heterocycles. The molecule has 132 valence electrons. The summed E-state index contributed by atoms with van der Waals surface area (Å²) in [6.07, 6.45) is 11.0. The Morgan fingerprint density at radius 3 is 2.52 bits per heavy atom. The molecule has 3 saturated carbocycles. The predicted molar refractivity (Wildman–Crippen MR) is 100 cm³/mol. The molecule has 3 aliphatic carbocycles. The van der Waals surface area contributed by atoms with Gasteiger partial charge in [0.1, 0.15) is 0 Å². The van der Waals surface area contributed by atoms with Crippen molar-refractivity contribution in [3.05, 3.63) is 12.2 Å². The van der Waals surface area contributed by atoms with E-state index in [1.165, 1.54) is 56.9 Å². The number of hydrogen-bond donors (Lipinski definition) is 1. The fraction of sp³-hybridized carbons (Fsp3) is 0.909. The van der Waals surface area contributed by atoms with Crippen molar-refractivity contribution in [2.75, 3.05) is 6.54 Å². The van der Waals surface area contributed by atoms with E-state index < -0.39 is 0 Å². The van der Waals surface area contributed by atoms with E-state index in [0.29, 0.717) is 10.8 Å². The first-order valence-electron chi connectivity index (χ1n) is 10.2. The molecule has 0 spiro atoms. The second-order valence-electron chi connectivity index (χ2n) is 9.70. The second-order valence-corrected chi connectivity index (χ2v) is 9.70. The summed E-state index contributed by atoms with van der Waals surface area (Å²) in [5, 5.41) is 0. The highest BCUT2D eigenvalue weighted by atomic mass is 14.7. The van der Waals surface area contributed by atoms with Gasteiger partial charge in [-0.25, -0.2) is 0 Å². The summed E-state index contributed by atoms with van der Waals surface area (Å²) in [7, 11) is 0. The van der Waals surface area contributed by atoms with Crippen molar-refractivity contribution in [2.45, 2.75) is 79.1 Å². The average Bonchev–Trinajstić information content (AvgIpc) is 2.84. The van der Waals surface area contributed by atoms with Crippen LogP contribution in [0.3, 0.4) is 0 Å². The summed E-state index contributed by atoms with van der Waals surface area (Å²) in [6, 6.07) is 0. The van der Waals surface area contributed by atoms with Gasteiger partial charge in [0.2, 0.25) is 0 Å². The molecule has 1 nitrogen and oxygen atoms in total. The Labute approximate surface area is 144 Å². The standard InChI is InChI=1S/C22H39N/c1-6-17-13-15(2)9-11-22(17,5)20-10-12-21(4)16(3)7-8-19(21)18(20)14-23/h15,17-20H,3,6-14,23H2,1-2,4-5H3/t15-,17-,18-,19-,20-,21+,22-/m0/s1. The molecule has 0 aromatic rings. The second kappa shape index (κ2) is 6.21. The summed E-state index contributed by atoms with van der Waals surface area (Å²) >= 11 is 0. The summed E-state index contributed by atoms with van der Waals surface area (Å²) < 4.78 is 0. The van der Waals surface area contributed by atoms with Crippen LogP contribution in [0, 0.1) is 40.4 Å². The van der Waals surface area contributed by atoms with Gasteiger partial charge in [-0.3, -0.25) is 0 Å².